The third-order valence-corrected chi connectivity index (χ3v) is 1.91. The maximum atomic E-state index is 5.76. The fourth-order valence-corrected chi connectivity index (χ4v) is 0.980. The van der Waals surface area contributed by atoms with Gasteiger partial charge in [0.1, 0.15) is 5.82 Å². The molecule has 3 N–H and O–H groups in total. The number of rotatable bonds is 5. The minimum Gasteiger partial charge on any atom is -0.369 e. The fourth-order valence-electron chi connectivity index (χ4n) is 0.980. The monoisotopic (exact) mass is 180 g/mol. The van der Waals surface area contributed by atoms with E-state index in [-0.39, 0.29) is 6.04 Å². The van der Waals surface area contributed by atoms with Crippen LogP contribution in [0.2, 0.25) is 0 Å². The normalized spacial score (nSPS) is 12.5. The molecule has 0 aliphatic rings. The van der Waals surface area contributed by atoms with E-state index < -0.39 is 0 Å². The average molecular weight is 180 g/mol. The van der Waals surface area contributed by atoms with Gasteiger partial charge in [-0.3, -0.25) is 4.98 Å². The summed E-state index contributed by atoms with van der Waals surface area (Å²) in [6.07, 6.45) is 7.01. The second-order valence-corrected chi connectivity index (χ2v) is 2.97. The first kappa shape index (κ1) is 9.92. The highest BCUT2D eigenvalue weighted by Gasteiger charge is 1.98. The zero-order valence-corrected chi connectivity index (χ0v) is 7.90. The smallest absolute Gasteiger partial charge is 0.144 e. The van der Waals surface area contributed by atoms with Gasteiger partial charge in [-0.15, -0.1) is 0 Å². The second kappa shape index (κ2) is 5.48. The van der Waals surface area contributed by atoms with E-state index in [4.69, 9.17) is 5.73 Å². The highest BCUT2D eigenvalue weighted by molar-refractivity contribution is 5.29. The van der Waals surface area contributed by atoms with Crippen LogP contribution in [0.4, 0.5) is 5.82 Å². The van der Waals surface area contributed by atoms with Crippen LogP contribution in [0, 0.1) is 0 Å². The van der Waals surface area contributed by atoms with E-state index in [1.54, 1.807) is 18.6 Å². The molecule has 0 fully saturated rings. The second-order valence-electron chi connectivity index (χ2n) is 2.97. The van der Waals surface area contributed by atoms with Crippen molar-refractivity contribution in [3.8, 4) is 0 Å². The van der Waals surface area contributed by atoms with E-state index in [1.807, 2.05) is 0 Å². The van der Waals surface area contributed by atoms with E-state index in [1.165, 1.54) is 0 Å². The molecule has 1 atom stereocenters. The average Bonchev–Trinajstić information content (AvgIpc) is 2.19. The lowest BCUT2D eigenvalue weighted by Crippen LogP contribution is -2.22. The number of nitrogens with one attached hydrogen (secondary N) is 1. The number of nitrogens with two attached hydrogens (primary N) is 1. The van der Waals surface area contributed by atoms with Gasteiger partial charge >= 0.3 is 0 Å². The van der Waals surface area contributed by atoms with Gasteiger partial charge in [0, 0.05) is 25.0 Å². The van der Waals surface area contributed by atoms with E-state index in [0.29, 0.717) is 0 Å². The van der Waals surface area contributed by atoms with Crippen molar-refractivity contribution in [1.82, 2.24) is 9.97 Å². The molecule has 1 aromatic rings. The quantitative estimate of drug-likeness (QED) is 0.710. The first-order valence-corrected chi connectivity index (χ1v) is 4.58. The molecule has 0 aliphatic carbocycles. The van der Waals surface area contributed by atoms with Crippen LogP contribution in [0.25, 0.3) is 0 Å². The van der Waals surface area contributed by atoms with Crippen LogP contribution in [0.3, 0.4) is 0 Å². The zero-order chi connectivity index (χ0) is 9.52. The van der Waals surface area contributed by atoms with Crippen molar-refractivity contribution in [2.24, 2.45) is 5.73 Å². The summed E-state index contributed by atoms with van der Waals surface area (Å²) in [5, 5.41) is 3.16. The molecule has 0 saturated carbocycles. The Morgan fingerprint density at radius 2 is 2.38 bits per heavy atom. The Bertz CT molecular complexity index is 224. The standard InChI is InChI=1S/C9H16N4/c1-2-8(10)3-4-12-9-7-11-5-6-13-9/h5-8H,2-4,10H2,1H3,(H,12,13). The van der Waals surface area contributed by atoms with Gasteiger partial charge in [-0.05, 0) is 12.8 Å². The van der Waals surface area contributed by atoms with E-state index in [2.05, 4.69) is 22.2 Å². The third kappa shape index (κ3) is 3.85. The summed E-state index contributed by atoms with van der Waals surface area (Å²) < 4.78 is 0. The molecule has 72 valence electrons. The van der Waals surface area contributed by atoms with Crippen LogP contribution >= 0.6 is 0 Å². The van der Waals surface area contributed by atoms with Gasteiger partial charge in [0.2, 0.25) is 0 Å². The molecule has 0 saturated heterocycles. The molecule has 1 heterocycles. The summed E-state index contributed by atoms with van der Waals surface area (Å²) in [5.74, 6) is 0.811. The molecule has 0 aliphatic heterocycles. The van der Waals surface area contributed by atoms with Gasteiger partial charge in [-0.25, -0.2) is 4.98 Å². The van der Waals surface area contributed by atoms with Crippen LogP contribution in [0.1, 0.15) is 19.8 Å². The third-order valence-electron chi connectivity index (χ3n) is 1.91. The Hall–Kier alpha value is -1.16. The fraction of sp³-hybridized carbons (Fsp3) is 0.556. The largest absolute Gasteiger partial charge is 0.369 e. The summed E-state index contributed by atoms with van der Waals surface area (Å²) in [4.78, 5) is 8.03. The summed E-state index contributed by atoms with van der Waals surface area (Å²) in [7, 11) is 0. The lowest BCUT2D eigenvalue weighted by atomic mass is 10.2. The summed E-state index contributed by atoms with van der Waals surface area (Å²) in [6.45, 7) is 2.95. The molecular formula is C9H16N4. The van der Waals surface area contributed by atoms with Gasteiger partial charge in [0.05, 0.1) is 6.20 Å². The summed E-state index contributed by atoms with van der Waals surface area (Å²) in [5.41, 5.74) is 5.76. The number of aromatic nitrogens is 2. The van der Waals surface area contributed by atoms with E-state index in [0.717, 1.165) is 25.2 Å². The maximum absolute atomic E-state index is 5.76. The molecule has 0 bridgehead atoms. The molecule has 13 heavy (non-hydrogen) atoms. The van der Waals surface area contributed by atoms with Crippen LogP contribution < -0.4 is 11.1 Å². The first-order valence-electron chi connectivity index (χ1n) is 4.58. The van der Waals surface area contributed by atoms with Crippen molar-refractivity contribution >= 4 is 5.82 Å². The topological polar surface area (TPSA) is 63.8 Å². The Balaban J connectivity index is 2.20. The van der Waals surface area contributed by atoms with Crippen molar-refractivity contribution in [2.75, 3.05) is 11.9 Å². The maximum Gasteiger partial charge on any atom is 0.144 e. The predicted octanol–water partition coefficient (Wildman–Crippen LogP) is 1.02. The minimum absolute atomic E-state index is 0.282. The molecule has 0 radical (unpaired) electrons. The van der Waals surface area contributed by atoms with Crippen molar-refractivity contribution in [1.29, 1.82) is 0 Å². The highest BCUT2D eigenvalue weighted by Crippen LogP contribution is 1.98. The van der Waals surface area contributed by atoms with Gasteiger partial charge < -0.3 is 11.1 Å². The molecule has 0 amide bonds. The Morgan fingerprint density at radius 1 is 1.54 bits per heavy atom. The predicted molar refractivity (Wildman–Crippen MR) is 53.4 cm³/mol. The van der Waals surface area contributed by atoms with Crippen LogP contribution in [0.5, 0.6) is 0 Å². The van der Waals surface area contributed by atoms with Crippen molar-refractivity contribution in [3.05, 3.63) is 18.6 Å². The van der Waals surface area contributed by atoms with Crippen LogP contribution in [-0.4, -0.2) is 22.6 Å². The Labute approximate surface area is 78.6 Å². The molecular weight excluding hydrogens is 164 g/mol. The molecule has 4 nitrogen and oxygen atoms in total. The van der Waals surface area contributed by atoms with Gasteiger partial charge in [-0.1, -0.05) is 6.92 Å². The molecule has 1 rings (SSSR count). The number of nitrogens with zero attached hydrogens (tertiary/aromatic N) is 2. The molecule has 0 spiro atoms. The molecule has 1 aromatic heterocycles. The SMILES string of the molecule is CCC(N)CCNc1cnccn1. The minimum atomic E-state index is 0.282. The highest BCUT2D eigenvalue weighted by atomic mass is 15.0. The van der Waals surface area contributed by atoms with Crippen molar-refractivity contribution in [3.63, 3.8) is 0 Å². The van der Waals surface area contributed by atoms with Gasteiger partial charge in [0.15, 0.2) is 0 Å². The molecule has 1 unspecified atom stereocenters. The first-order chi connectivity index (χ1) is 6.33. The zero-order valence-electron chi connectivity index (χ0n) is 7.90. The summed E-state index contributed by atoms with van der Waals surface area (Å²) in [6, 6.07) is 0.282. The van der Waals surface area contributed by atoms with Gasteiger partial charge in [0.25, 0.3) is 0 Å². The number of hydrogen-bond acceptors (Lipinski definition) is 4. The lowest BCUT2D eigenvalue weighted by Gasteiger charge is -2.09. The molecule has 0 aromatic carbocycles. The number of hydrogen-bond donors (Lipinski definition) is 2. The van der Waals surface area contributed by atoms with Crippen molar-refractivity contribution < 1.29 is 0 Å². The van der Waals surface area contributed by atoms with Crippen molar-refractivity contribution in [2.45, 2.75) is 25.8 Å². The molecule has 4 heteroatoms. The van der Waals surface area contributed by atoms with Crippen LogP contribution in [-0.2, 0) is 0 Å². The lowest BCUT2D eigenvalue weighted by molar-refractivity contribution is 0.613. The Kier molecular flexibility index (Phi) is 4.18. The number of anilines is 1. The summed E-state index contributed by atoms with van der Waals surface area (Å²) >= 11 is 0. The van der Waals surface area contributed by atoms with Crippen LogP contribution in [0.15, 0.2) is 18.6 Å². The Morgan fingerprint density at radius 3 is 3.00 bits per heavy atom. The van der Waals surface area contributed by atoms with E-state index >= 15 is 0 Å². The van der Waals surface area contributed by atoms with E-state index in [9.17, 15) is 0 Å². The van der Waals surface area contributed by atoms with Gasteiger partial charge in [-0.2, -0.15) is 0 Å².